The third-order valence-electron chi connectivity index (χ3n) is 1.53. The van der Waals surface area contributed by atoms with Crippen LogP contribution in [0.5, 0.6) is 0 Å². The van der Waals surface area contributed by atoms with Gasteiger partial charge in [0.15, 0.2) is 0 Å². The van der Waals surface area contributed by atoms with Gasteiger partial charge in [0.1, 0.15) is 18.4 Å². The van der Waals surface area contributed by atoms with Crippen LogP contribution in [0.2, 0.25) is 0 Å². The molecule has 0 aromatic heterocycles. The SMILES string of the molecule is O=CC(C=O)c1cccc(F)c1. The van der Waals surface area contributed by atoms with E-state index >= 15 is 0 Å². The van der Waals surface area contributed by atoms with Crippen molar-refractivity contribution in [1.29, 1.82) is 0 Å². The Morgan fingerprint density at radius 3 is 2.42 bits per heavy atom. The second-order valence-corrected chi connectivity index (χ2v) is 2.35. The Morgan fingerprint density at radius 2 is 1.92 bits per heavy atom. The lowest BCUT2D eigenvalue weighted by molar-refractivity contribution is -0.116. The van der Waals surface area contributed by atoms with Crippen LogP contribution in [0.3, 0.4) is 0 Å². The van der Waals surface area contributed by atoms with Gasteiger partial charge in [0.05, 0.1) is 5.92 Å². The van der Waals surface area contributed by atoms with Crippen molar-refractivity contribution < 1.29 is 14.0 Å². The maximum Gasteiger partial charge on any atom is 0.134 e. The average molecular weight is 166 g/mol. The van der Waals surface area contributed by atoms with Crippen LogP contribution >= 0.6 is 0 Å². The van der Waals surface area contributed by atoms with Crippen LogP contribution in [0.4, 0.5) is 4.39 Å². The Kier molecular flexibility index (Phi) is 2.69. The van der Waals surface area contributed by atoms with Crippen LogP contribution in [0.15, 0.2) is 24.3 Å². The van der Waals surface area contributed by atoms with Gasteiger partial charge in [-0.1, -0.05) is 12.1 Å². The Balaban J connectivity index is 3.00. The molecule has 0 aliphatic heterocycles. The molecule has 0 aliphatic carbocycles. The van der Waals surface area contributed by atoms with E-state index < -0.39 is 11.7 Å². The summed E-state index contributed by atoms with van der Waals surface area (Å²) >= 11 is 0. The van der Waals surface area contributed by atoms with Gasteiger partial charge in [-0.05, 0) is 17.7 Å². The predicted molar refractivity (Wildman–Crippen MR) is 41.3 cm³/mol. The number of aldehydes is 2. The quantitative estimate of drug-likeness (QED) is 0.501. The number of rotatable bonds is 3. The summed E-state index contributed by atoms with van der Waals surface area (Å²) in [5, 5.41) is 0. The van der Waals surface area contributed by atoms with E-state index in [1.807, 2.05) is 0 Å². The Morgan fingerprint density at radius 1 is 1.25 bits per heavy atom. The van der Waals surface area contributed by atoms with Gasteiger partial charge < -0.3 is 9.59 Å². The Bertz CT molecular complexity index is 288. The van der Waals surface area contributed by atoms with E-state index in [2.05, 4.69) is 0 Å². The van der Waals surface area contributed by atoms with E-state index in [9.17, 15) is 14.0 Å². The van der Waals surface area contributed by atoms with Crippen molar-refractivity contribution in [1.82, 2.24) is 0 Å². The largest absolute Gasteiger partial charge is 0.302 e. The first kappa shape index (κ1) is 8.59. The summed E-state index contributed by atoms with van der Waals surface area (Å²) in [4.78, 5) is 20.6. The van der Waals surface area contributed by atoms with E-state index in [1.165, 1.54) is 24.3 Å². The van der Waals surface area contributed by atoms with Crippen LogP contribution in [-0.4, -0.2) is 12.6 Å². The highest BCUT2D eigenvalue weighted by molar-refractivity contribution is 5.84. The van der Waals surface area contributed by atoms with Crippen LogP contribution in [0.25, 0.3) is 0 Å². The van der Waals surface area contributed by atoms with Gasteiger partial charge in [0.2, 0.25) is 0 Å². The van der Waals surface area contributed by atoms with Crippen molar-refractivity contribution in [2.24, 2.45) is 0 Å². The molecule has 12 heavy (non-hydrogen) atoms. The van der Waals surface area contributed by atoms with Crippen molar-refractivity contribution >= 4 is 12.6 Å². The lowest BCUT2D eigenvalue weighted by atomic mass is 10.0. The molecule has 0 amide bonds. The highest BCUT2D eigenvalue weighted by Gasteiger charge is 2.08. The first-order chi connectivity index (χ1) is 5.77. The van der Waals surface area contributed by atoms with Gasteiger partial charge >= 0.3 is 0 Å². The highest BCUT2D eigenvalue weighted by atomic mass is 19.1. The fraction of sp³-hybridized carbons (Fsp3) is 0.111. The van der Waals surface area contributed by atoms with Gasteiger partial charge in [-0.25, -0.2) is 4.39 Å². The molecule has 2 nitrogen and oxygen atoms in total. The molecule has 0 heterocycles. The molecule has 0 saturated heterocycles. The summed E-state index contributed by atoms with van der Waals surface area (Å²) in [5.41, 5.74) is 0.389. The molecule has 0 unspecified atom stereocenters. The summed E-state index contributed by atoms with van der Waals surface area (Å²) in [5.74, 6) is -1.29. The van der Waals surface area contributed by atoms with Gasteiger partial charge in [0.25, 0.3) is 0 Å². The zero-order valence-corrected chi connectivity index (χ0v) is 6.24. The first-order valence-corrected chi connectivity index (χ1v) is 3.44. The first-order valence-electron chi connectivity index (χ1n) is 3.44. The normalized spacial score (nSPS) is 9.83. The summed E-state index contributed by atoms with van der Waals surface area (Å²) in [6.07, 6.45) is 0.976. The maximum absolute atomic E-state index is 12.6. The molecule has 1 aromatic carbocycles. The molecule has 62 valence electrons. The fourth-order valence-corrected chi connectivity index (χ4v) is 0.903. The molecular formula is C9H7FO2. The van der Waals surface area contributed by atoms with Crippen LogP contribution in [0.1, 0.15) is 11.5 Å². The monoisotopic (exact) mass is 166 g/mol. The van der Waals surface area contributed by atoms with E-state index in [4.69, 9.17) is 0 Å². The maximum atomic E-state index is 12.6. The molecule has 0 radical (unpaired) electrons. The third kappa shape index (κ3) is 1.75. The minimum absolute atomic E-state index is 0.389. The number of benzene rings is 1. The number of carbonyl (C=O) groups excluding carboxylic acids is 2. The molecule has 0 bridgehead atoms. The predicted octanol–water partition coefficient (Wildman–Crippen LogP) is 1.31. The topological polar surface area (TPSA) is 34.1 Å². The smallest absolute Gasteiger partial charge is 0.134 e. The van der Waals surface area contributed by atoms with E-state index in [-0.39, 0.29) is 0 Å². The molecule has 3 heteroatoms. The number of hydrogen-bond donors (Lipinski definition) is 0. The second-order valence-electron chi connectivity index (χ2n) is 2.35. The van der Waals surface area contributed by atoms with Crippen molar-refractivity contribution in [2.45, 2.75) is 5.92 Å². The third-order valence-corrected chi connectivity index (χ3v) is 1.53. The van der Waals surface area contributed by atoms with Gasteiger partial charge in [-0.15, -0.1) is 0 Å². The number of carbonyl (C=O) groups is 2. The second kappa shape index (κ2) is 3.76. The zero-order valence-electron chi connectivity index (χ0n) is 6.24. The average Bonchev–Trinajstić information content (AvgIpc) is 2.07. The lowest BCUT2D eigenvalue weighted by Gasteiger charge is -2.00. The van der Waals surface area contributed by atoms with Crippen molar-refractivity contribution in [3.8, 4) is 0 Å². The minimum atomic E-state index is -0.847. The van der Waals surface area contributed by atoms with E-state index in [0.29, 0.717) is 18.1 Å². The summed E-state index contributed by atoms with van der Waals surface area (Å²) < 4.78 is 12.6. The fourth-order valence-electron chi connectivity index (χ4n) is 0.903. The molecular weight excluding hydrogens is 159 g/mol. The highest BCUT2D eigenvalue weighted by Crippen LogP contribution is 2.11. The van der Waals surface area contributed by atoms with Crippen LogP contribution in [-0.2, 0) is 9.59 Å². The summed E-state index contributed by atoms with van der Waals surface area (Å²) in [6, 6.07) is 5.44. The van der Waals surface area contributed by atoms with Gasteiger partial charge in [0, 0.05) is 0 Å². The molecule has 0 atom stereocenters. The molecule has 1 aromatic rings. The Hall–Kier alpha value is -1.51. The summed E-state index contributed by atoms with van der Waals surface area (Å²) in [7, 11) is 0. The molecule has 0 saturated carbocycles. The van der Waals surface area contributed by atoms with Gasteiger partial charge in [-0.2, -0.15) is 0 Å². The summed E-state index contributed by atoms with van der Waals surface area (Å²) in [6.45, 7) is 0. The number of halogens is 1. The van der Waals surface area contributed by atoms with Crippen LogP contribution < -0.4 is 0 Å². The Labute approximate surface area is 69.0 Å². The number of hydrogen-bond acceptors (Lipinski definition) is 2. The van der Waals surface area contributed by atoms with Crippen LogP contribution in [0, 0.1) is 5.82 Å². The zero-order chi connectivity index (χ0) is 8.97. The molecule has 0 fully saturated rings. The minimum Gasteiger partial charge on any atom is -0.302 e. The van der Waals surface area contributed by atoms with E-state index in [0.717, 1.165) is 0 Å². The van der Waals surface area contributed by atoms with Crippen molar-refractivity contribution in [3.63, 3.8) is 0 Å². The van der Waals surface area contributed by atoms with E-state index in [1.54, 1.807) is 0 Å². The lowest BCUT2D eigenvalue weighted by Crippen LogP contribution is -2.01. The van der Waals surface area contributed by atoms with Crippen molar-refractivity contribution in [3.05, 3.63) is 35.6 Å². The van der Waals surface area contributed by atoms with Gasteiger partial charge in [-0.3, -0.25) is 0 Å². The van der Waals surface area contributed by atoms with Crippen molar-refractivity contribution in [2.75, 3.05) is 0 Å². The molecule has 0 spiro atoms. The molecule has 1 rings (SSSR count). The molecule has 0 aliphatic rings. The molecule has 0 N–H and O–H groups in total. The standard InChI is InChI=1S/C9H7FO2/c10-9-3-1-2-7(4-9)8(5-11)6-12/h1-6,8H.